The van der Waals surface area contributed by atoms with Gasteiger partial charge in [0.2, 0.25) is 5.91 Å². The summed E-state index contributed by atoms with van der Waals surface area (Å²) < 4.78 is 5.50. The second-order valence-corrected chi connectivity index (χ2v) is 22.5. The number of hydrogen-bond acceptors (Lipinski definition) is 5. The SMILES string of the molecule is CCCCCCCCC/C=C\CCCCCCCCCC(=O)OCCCCCCCCCCCCCCCCCCCCCC(=O)NC(CO)C(O)CCCCCCCCCCCCCCCCCCC. The van der Waals surface area contributed by atoms with Crippen molar-refractivity contribution < 1.29 is 24.5 Å². The molecule has 2 atom stereocenters. The Morgan fingerprint density at radius 2 is 0.662 bits per heavy atom. The molecule has 0 heterocycles. The fourth-order valence-electron chi connectivity index (χ4n) is 10.3. The number of carbonyl (C=O) groups is 2. The molecule has 422 valence electrons. The van der Waals surface area contributed by atoms with E-state index in [0.29, 0.717) is 25.9 Å². The van der Waals surface area contributed by atoms with Crippen LogP contribution in [-0.4, -0.2) is 47.4 Å². The number of hydrogen-bond donors (Lipinski definition) is 3. The average Bonchev–Trinajstić information content (AvgIpc) is 3.37. The molecule has 2 unspecified atom stereocenters. The maximum atomic E-state index is 12.5. The van der Waals surface area contributed by atoms with Crippen molar-refractivity contribution in [2.24, 2.45) is 0 Å². The lowest BCUT2D eigenvalue weighted by molar-refractivity contribution is -0.143. The van der Waals surface area contributed by atoms with Crippen molar-refractivity contribution in [2.45, 2.75) is 379 Å². The number of carbonyl (C=O) groups excluding carboxylic acids is 2. The number of allylic oxidation sites excluding steroid dienone is 2. The summed E-state index contributed by atoms with van der Waals surface area (Å²) in [4.78, 5) is 24.6. The molecule has 0 spiro atoms. The predicted octanol–water partition coefficient (Wildman–Crippen LogP) is 20.4. The number of nitrogens with one attached hydrogen (secondary N) is 1. The first kappa shape index (κ1) is 69.6. The Hall–Kier alpha value is -1.40. The van der Waals surface area contributed by atoms with Crippen LogP contribution in [0, 0.1) is 0 Å². The van der Waals surface area contributed by atoms with Crippen molar-refractivity contribution in [3.8, 4) is 0 Å². The minimum atomic E-state index is -0.666. The van der Waals surface area contributed by atoms with Crippen LogP contribution in [0.1, 0.15) is 367 Å². The van der Waals surface area contributed by atoms with E-state index in [4.69, 9.17) is 4.74 Å². The molecule has 3 N–H and O–H groups in total. The van der Waals surface area contributed by atoms with Crippen molar-refractivity contribution in [3.63, 3.8) is 0 Å². The zero-order chi connectivity index (χ0) is 51.4. The molecule has 0 aromatic rings. The van der Waals surface area contributed by atoms with E-state index in [1.54, 1.807) is 0 Å². The lowest BCUT2D eigenvalue weighted by atomic mass is 10.0. The van der Waals surface area contributed by atoms with Crippen LogP contribution in [0.3, 0.4) is 0 Å². The lowest BCUT2D eigenvalue weighted by Gasteiger charge is -2.22. The van der Waals surface area contributed by atoms with Crippen LogP contribution in [0.5, 0.6) is 0 Å². The summed E-state index contributed by atoms with van der Waals surface area (Å²) in [5, 5.41) is 23.3. The van der Waals surface area contributed by atoms with Gasteiger partial charge in [0.1, 0.15) is 0 Å². The quantitative estimate of drug-likeness (QED) is 0.0320. The van der Waals surface area contributed by atoms with Crippen molar-refractivity contribution >= 4 is 11.9 Å². The molecule has 6 nitrogen and oxygen atoms in total. The van der Waals surface area contributed by atoms with Gasteiger partial charge in [0, 0.05) is 12.8 Å². The first-order valence-electron chi connectivity index (χ1n) is 32.4. The molecular formula is C65H127NO5. The standard InChI is InChI=1S/C65H127NO5/c1-3-5-7-9-11-13-15-17-19-21-27-31-35-39-43-47-51-55-59-65(70)71-60-56-52-48-44-40-36-32-28-24-22-23-26-30-34-38-42-46-50-54-58-64(69)66-62(61-67)63(68)57-53-49-45-41-37-33-29-25-20-18-16-14-12-10-8-6-4-2/h19,21,62-63,67-68H,3-18,20,22-61H2,1-2H3,(H,66,69)/b21-19-. The van der Waals surface area contributed by atoms with Gasteiger partial charge in [-0.1, -0.05) is 315 Å². The number of amides is 1. The second-order valence-electron chi connectivity index (χ2n) is 22.5. The van der Waals surface area contributed by atoms with Gasteiger partial charge >= 0.3 is 5.97 Å². The summed E-state index contributed by atoms with van der Waals surface area (Å²) >= 11 is 0. The molecule has 1 amide bonds. The smallest absolute Gasteiger partial charge is 0.305 e. The molecular weight excluding hydrogens is 875 g/mol. The molecule has 0 rings (SSSR count). The van der Waals surface area contributed by atoms with Gasteiger partial charge in [0.05, 0.1) is 25.4 Å². The zero-order valence-corrected chi connectivity index (χ0v) is 48.2. The molecule has 0 saturated carbocycles. The third-order valence-corrected chi connectivity index (χ3v) is 15.3. The molecule has 0 bridgehead atoms. The molecule has 0 aliphatic heterocycles. The third-order valence-electron chi connectivity index (χ3n) is 15.3. The molecule has 0 fully saturated rings. The molecule has 0 radical (unpaired) electrons. The normalized spacial score (nSPS) is 12.6. The Morgan fingerprint density at radius 1 is 0.380 bits per heavy atom. The Labute approximate surface area is 444 Å². The summed E-state index contributed by atoms with van der Waals surface area (Å²) in [6.07, 6.45) is 73.7. The van der Waals surface area contributed by atoms with Gasteiger partial charge < -0.3 is 20.3 Å². The van der Waals surface area contributed by atoms with Crippen LogP contribution in [0.2, 0.25) is 0 Å². The zero-order valence-electron chi connectivity index (χ0n) is 48.2. The third kappa shape index (κ3) is 57.7. The maximum absolute atomic E-state index is 12.5. The highest BCUT2D eigenvalue weighted by Crippen LogP contribution is 2.18. The lowest BCUT2D eigenvalue weighted by Crippen LogP contribution is -2.45. The van der Waals surface area contributed by atoms with Crippen molar-refractivity contribution in [3.05, 3.63) is 12.2 Å². The van der Waals surface area contributed by atoms with E-state index in [1.165, 1.54) is 289 Å². The van der Waals surface area contributed by atoms with Crippen LogP contribution in [0.25, 0.3) is 0 Å². The summed E-state index contributed by atoms with van der Waals surface area (Å²) in [5.41, 5.74) is 0. The number of esters is 1. The predicted molar refractivity (Wildman–Crippen MR) is 310 cm³/mol. The van der Waals surface area contributed by atoms with E-state index >= 15 is 0 Å². The van der Waals surface area contributed by atoms with Crippen molar-refractivity contribution in [2.75, 3.05) is 13.2 Å². The van der Waals surface area contributed by atoms with Gasteiger partial charge in [-0.05, 0) is 51.4 Å². The second kappa shape index (κ2) is 61.1. The summed E-state index contributed by atoms with van der Waals surface area (Å²) in [6.45, 7) is 4.98. The first-order chi connectivity index (χ1) is 35.0. The molecule has 6 heteroatoms. The molecule has 0 aromatic heterocycles. The minimum absolute atomic E-state index is 0.00723. The van der Waals surface area contributed by atoms with Crippen LogP contribution < -0.4 is 5.32 Å². The molecule has 0 aliphatic carbocycles. The molecule has 0 saturated heterocycles. The highest BCUT2D eigenvalue weighted by molar-refractivity contribution is 5.76. The van der Waals surface area contributed by atoms with Gasteiger partial charge in [-0.3, -0.25) is 9.59 Å². The minimum Gasteiger partial charge on any atom is -0.466 e. The Morgan fingerprint density at radius 3 is 1.00 bits per heavy atom. The molecule has 0 aliphatic rings. The number of aliphatic hydroxyl groups is 2. The number of rotatable bonds is 61. The Kier molecular flexibility index (Phi) is 59.9. The largest absolute Gasteiger partial charge is 0.466 e. The average molecular weight is 1000 g/mol. The van der Waals surface area contributed by atoms with Gasteiger partial charge in [0.15, 0.2) is 0 Å². The topological polar surface area (TPSA) is 95.9 Å². The molecule has 71 heavy (non-hydrogen) atoms. The van der Waals surface area contributed by atoms with Crippen LogP contribution in [0.15, 0.2) is 12.2 Å². The van der Waals surface area contributed by atoms with E-state index < -0.39 is 12.1 Å². The highest BCUT2D eigenvalue weighted by atomic mass is 16.5. The van der Waals surface area contributed by atoms with E-state index in [1.807, 2.05) is 0 Å². The fraction of sp³-hybridized carbons (Fsp3) is 0.938. The van der Waals surface area contributed by atoms with Crippen LogP contribution >= 0.6 is 0 Å². The van der Waals surface area contributed by atoms with E-state index in [0.717, 1.165) is 44.9 Å². The van der Waals surface area contributed by atoms with Gasteiger partial charge in [0.25, 0.3) is 0 Å². The monoisotopic (exact) mass is 1000 g/mol. The number of unbranched alkanes of at least 4 members (excludes halogenated alkanes) is 48. The van der Waals surface area contributed by atoms with E-state index in [9.17, 15) is 19.8 Å². The molecule has 0 aromatic carbocycles. The Balaban J connectivity index is 3.38. The number of aliphatic hydroxyl groups excluding tert-OH is 2. The van der Waals surface area contributed by atoms with E-state index in [-0.39, 0.29) is 18.5 Å². The van der Waals surface area contributed by atoms with Crippen LogP contribution in [-0.2, 0) is 14.3 Å². The summed E-state index contributed by atoms with van der Waals surface area (Å²) in [5.74, 6) is -0.0273. The van der Waals surface area contributed by atoms with E-state index in [2.05, 4.69) is 31.3 Å². The van der Waals surface area contributed by atoms with Crippen molar-refractivity contribution in [1.29, 1.82) is 0 Å². The summed E-state index contributed by atoms with van der Waals surface area (Å²) in [7, 11) is 0. The van der Waals surface area contributed by atoms with Crippen LogP contribution in [0.4, 0.5) is 0 Å². The fourth-order valence-corrected chi connectivity index (χ4v) is 10.3. The first-order valence-corrected chi connectivity index (χ1v) is 32.4. The maximum Gasteiger partial charge on any atom is 0.305 e. The van der Waals surface area contributed by atoms with Crippen molar-refractivity contribution in [1.82, 2.24) is 5.32 Å². The van der Waals surface area contributed by atoms with Gasteiger partial charge in [-0.25, -0.2) is 0 Å². The van der Waals surface area contributed by atoms with Gasteiger partial charge in [-0.2, -0.15) is 0 Å². The number of ether oxygens (including phenoxy) is 1. The van der Waals surface area contributed by atoms with Gasteiger partial charge in [-0.15, -0.1) is 0 Å². The summed E-state index contributed by atoms with van der Waals surface area (Å²) in [6, 6.07) is -0.543. The Bertz CT molecular complexity index is 1060. The highest BCUT2D eigenvalue weighted by Gasteiger charge is 2.20.